The number of ether oxygens (including phenoxy) is 1. The quantitative estimate of drug-likeness (QED) is 0.149. The lowest BCUT2D eigenvalue weighted by Crippen LogP contribution is -2.60. The van der Waals surface area contributed by atoms with Crippen LogP contribution in [-0.2, 0) is 32.5 Å². The van der Waals surface area contributed by atoms with E-state index in [9.17, 15) is 0 Å². The van der Waals surface area contributed by atoms with Gasteiger partial charge in [-0.1, -0.05) is 216 Å². The number of fused-ring (bicyclic) bond motifs is 7. The lowest BCUT2D eigenvalue weighted by molar-refractivity contribution is 0.486. The Morgan fingerprint density at radius 3 is 1.17 bits per heavy atom. The number of benzene rings is 9. The molecule has 0 radical (unpaired) electrons. The average molecular weight is 1110 g/mol. The number of furan rings is 1. The minimum Gasteiger partial charge on any atom is -0.458 e. The molecule has 0 spiro atoms. The van der Waals surface area contributed by atoms with Crippen molar-refractivity contribution in [2.45, 2.75) is 157 Å². The summed E-state index contributed by atoms with van der Waals surface area (Å²) >= 11 is 0. The van der Waals surface area contributed by atoms with E-state index in [0.717, 1.165) is 90.1 Å². The summed E-state index contributed by atoms with van der Waals surface area (Å²) in [7, 11) is 0. The fourth-order valence-electron chi connectivity index (χ4n) is 12.5. The first kappa shape index (κ1) is 56.5. The zero-order valence-electron chi connectivity index (χ0n) is 53.1. The van der Waals surface area contributed by atoms with E-state index in [2.05, 4.69) is 321 Å². The summed E-state index contributed by atoms with van der Waals surface area (Å²) in [5.41, 5.74) is 21.9. The van der Waals surface area contributed by atoms with Gasteiger partial charge < -0.3 is 23.9 Å². The highest BCUT2D eigenvalue weighted by Crippen LogP contribution is 2.52. The largest absolute Gasteiger partial charge is 0.458 e. The third-order valence-electron chi connectivity index (χ3n) is 17.7. The third-order valence-corrected chi connectivity index (χ3v) is 17.7. The van der Waals surface area contributed by atoms with Crippen LogP contribution in [0, 0.1) is 0 Å². The molecule has 0 N–H and O–H groups in total. The molecule has 0 bridgehead atoms. The molecule has 6 heteroatoms. The smallest absolute Gasteiger partial charge is 0.256 e. The Bertz CT molecular complexity index is 4030. The molecular formula is C78H84BN3O2. The van der Waals surface area contributed by atoms with Gasteiger partial charge >= 0.3 is 0 Å². The number of hydrogen-bond donors (Lipinski definition) is 0. The highest BCUT2D eigenvalue weighted by Gasteiger charge is 2.44. The van der Waals surface area contributed by atoms with E-state index in [0.29, 0.717) is 0 Å². The maximum absolute atomic E-state index is 7.47. The SMILES string of the molecule is CC(C)(C)c1ccc(N(c2ccc(C(C)(C)C)cc2)c2cc3c4c(c2)N(c2cc(N(c5ccc(C(C)(C)C)cc5)c5ccc(C(C)(C)C)cc5)cc5c2oc2ccccc25)c2ccc(C(C)(C)C)cc2B4c2cc(C(C)(C)C)ccc2O3)cc1. The van der Waals surface area contributed by atoms with E-state index in [4.69, 9.17) is 9.15 Å². The van der Waals surface area contributed by atoms with Crippen LogP contribution in [0.5, 0.6) is 11.5 Å². The Labute approximate surface area is 501 Å². The maximum atomic E-state index is 7.47. The fraction of sp³-hybridized carbons (Fsp3) is 0.308. The van der Waals surface area contributed by atoms with Crippen LogP contribution in [0.15, 0.2) is 186 Å². The summed E-state index contributed by atoms with van der Waals surface area (Å²) in [4.78, 5) is 7.37. The topological polar surface area (TPSA) is 32.1 Å². The summed E-state index contributed by atoms with van der Waals surface area (Å²) in [5.74, 6) is 1.71. The first-order chi connectivity index (χ1) is 39.4. The fourth-order valence-corrected chi connectivity index (χ4v) is 12.5. The minimum absolute atomic E-state index is 0.0145. The first-order valence-electron chi connectivity index (χ1n) is 30.3. The summed E-state index contributed by atoms with van der Waals surface area (Å²) < 4.78 is 14.8. The van der Waals surface area contributed by atoms with Gasteiger partial charge in [0, 0.05) is 56.7 Å². The van der Waals surface area contributed by atoms with Gasteiger partial charge in [-0.05, 0) is 167 Å². The second-order valence-corrected chi connectivity index (χ2v) is 30.1. The van der Waals surface area contributed by atoms with Crippen LogP contribution in [0.3, 0.4) is 0 Å². The molecule has 2 aliphatic heterocycles. The summed E-state index contributed by atoms with van der Waals surface area (Å²) in [6.07, 6.45) is 0. The van der Waals surface area contributed by atoms with Gasteiger partial charge in [0.15, 0.2) is 5.58 Å². The van der Waals surface area contributed by atoms with Crippen molar-refractivity contribution in [3.63, 3.8) is 0 Å². The van der Waals surface area contributed by atoms with Crippen molar-refractivity contribution in [3.05, 3.63) is 215 Å². The Hall–Kier alpha value is -7.96. The Morgan fingerprint density at radius 2 is 0.714 bits per heavy atom. The molecule has 0 fully saturated rings. The molecule has 84 heavy (non-hydrogen) atoms. The van der Waals surface area contributed by atoms with E-state index in [-0.39, 0.29) is 39.2 Å². The highest BCUT2D eigenvalue weighted by atomic mass is 16.5. The predicted molar refractivity (Wildman–Crippen MR) is 361 cm³/mol. The molecule has 10 aromatic rings. The maximum Gasteiger partial charge on any atom is 0.256 e. The molecule has 426 valence electrons. The van der Waals surface area contributed by atoms with Crippen molar-refractivity contribution in [3.8, 4) is 11.5 Å². The molecule has 0 aliphatic carbocycles. The van der Waals surface area contributed by atoms with Gasteiger partial charge in [0.25, 0.3) is 6.71 Å². The average Bonchev–Trinajstić information content (AvgIpc) is 0.976. The van der Waals surface area contributed by atoms with Gasteiger partial charge in [0.05, 0.1) is 11.4 Å². The van der Waals surface area contributed by atoms with Gasteiger partial charge in [-0.3, -0.25) is 0 Å². The monoisotopic (exact) mass is 1110 g/mol. The summed E-state index contributed by atoms with van der Waals surface area (Å²) in [6, 6.07) is 68.8. The predicted octanol–water partition coefficient (Wildman–Crippen LogP) is 20.7. The molecule has 5 nitrogen and oxygen atoms in total. The van der Waals surface area contributed by atoms with Crippen LogP contribution in [-0.4, -0.2) is 6.71 Å². The molecule has 3 heterocycles. The standard InChI is InChI=1S/C78H84BN3O2/c1-73(2,3)49-23-33-55(34-24-49)80(56-35-25-50(26-36-56)74(4,5)6)59-45-62-61-21-19-20-22-68(61)84-72(62)67(47-59)82-65-41-31-53(77(13,14)15)43-63(65)79-64-44-54(78(16,17)18)32-42-69(64)83-70-48-60(46-66(82)71(70)79)81(57-37-27-51(28-38-57)75(7,8)9)58-39-29-52(30-40-58)76(10,11)12/h19-48H,1-18H3. The second-order valence-electron chi connectivity index (χ2n) is 30.1. The third kappa shape index (κ3) is 10.2. The molecule has 1 aromatic heterocycles. The van der Waals surface area contributed by atoms with E-state index in [1.807, 2.05) is 0 Å². The van der Waals surface area contributed by atoms with E-state index >= 15 is 0 Å². The Kier molecular flexibility index (Phi) is 13.3. The number of hydrogen-bond acceptors (Lipinski definition) is 5. The Morgan fingerprint density at radius 1 is 0.321 bits per heavy atom. The minimum atomic E-state index is -0.150. The van der Waals surface area contributed by atoms with Crippen LogP contribution < -0.4 is 35.8 Å². The zero-order chi connectivity index (χ0) is 59.8. The van der Waals surface area contributed by atoms with Gasteiger partial charge in [0.2, 0.25) is 0 Å². The van der Waals surface area contributed by atoms with Gasteiger partial charge in [-0.25, -0.2) is 0 Å². The lowest BCUT2D eigenvalue weighted by atomic mass is 9.33. The van der Waals surface area contributed by atoms with Gasteiger partial charge in [0.1, 0.15) is 17.1 Å². The summed E-state index contributed by atoms with van der Waals surface area (Å²) in [5, 5.41) is 2.10. The van der Waals surface area contributed by atoms with Crippen LogP contribution in [0.1, 0.15) is 158 Å². The van der Waals surface area contributed by atoms with Crippen LogP contribution >= 0.6 is 0 Å². The summed E-state index contributed by atoms with van der Waals surface area (Å²) in [6.45, 7) is 41.1. The van der Waals surface area contributed by atoms with Crippen molar-refractivity contribution in [2.24, 2.45) is 0 Å². The van der Waals surface area contributed by atoms with E-state index in [1.165, 1.54) is 44.3 Å². The van der Waals surface area contributed by atoms with Crippen molar-refractivity contribution >= 4 is 96.2 Å². The van der Waals surface area contributed by atoms with Crippen LogP contribution in [0.25, 0.3) is 21.9 Å². The van der Waals surface area contributed by atoms with E-state index < -0.39 is 0 Å². The van der Waals surface area contributed by atoms with Crippen LogP contribution in [0.4, 0.5) is 51.2 Å². The molecule has 0 amide bonds. The number of anilines is 9. The first-order valence-corrected chi connectivity index (χ1v) is 30.3. The van der Waals surface area contributed by atoms with Crippen LogP contribution in [0.2, 0.25) is 0 Å². The van der Waals surface area contributed by atoms with Gasteiger partial charge in [-0.2, -0.15) is 0 Å². The molecule has 2 aliphatic rings. The molecule has 0 saturated heterocycles. The zero-order valence-corrected chi connectivity index (χ0v) is 53.1. The normalized spacial score (nSPS) is 13.6. The molecule has 12 rings (SSSR count). The van der Waals surface area contributed by atoms with Crippen molar-refractivity contribution in [2.75, 3.05) is 14.7 Å². The van der Waals surface area contributed by atoms with Gasteiger partial charge in [-0.15, -0.1) is 0 Å². The molecule has 0 atom stereocenters. The van der Waals surface area contributed by atoms with Crippen molar-refractivity contribution in [1.82, 2.24) is 0 Å². The molecule has 0 unspecified atom stereocenters. The molecule has 0 saturated carbocycles. The Balaban J connectivity index is 1.19. The number of nitrogens with zero attached hydrogens (tertiary/aromatic N) is 3. The number of rotatable bonds is 7. The second kappa shape index (κ2) is 19.8. The highest BCUT2D eigenvalue weighted by molar-refractivity contribution is 6.99. The lowest BCUT2D eigenvalue weighted by Gasteiger charge is -2.42. The van der Waals surface area contributed by atoms with Crippen molar-refractivity contribution in [1.29, 1.82) is 0 Å². The molecule has 9 aromatic carbocycles. The molecular weight excluding hydrogens is 1020 g/mol. The van der Waals surface area contributed by atoms with Crippen molar-refractivity contribution < 1.29 is 9.15 Å². The van der Waals surface area contributed by atoms with E-state index in [1.54, 1.807) is 0 Å². The number of para-hydroxylation sites is 1.